The summed E-state index contributed by atoms with van der Waals surface area (Å²) < 4.78 is 5.32. The summed E-state index contributed by atoms with van der Waals surface area (Å²) in [5.74, 6) is 0.614. The Balaban J connectivity index is 2.42. The number of ether oxygens (including phenoxy) is 1. The van der Waals surface area contributed by atoms with E-state index in [-0.39, 0.29) is 12.5 Å². The lowest BCUT2D eigenvalue weighted by molar-refractivity contribution is -0.121. The highest BCUT2D eigenvalue weighted by Gasteiger charge is 2.25. The Bertz CT molecular complexity index is 456. The van der Waals surface area contributed by atoms with Gasteiger partial charge in [-0.1, -0.05) is 23.8 Å². The number of rotatable bonds is 2. The zero-order valence-electron chi connectivity index (χ0n) is 9.00. The van der Waals surface area contributed by atoms with Crippen LogP contribution in [0.25, 0.3) is 0 Å². The van der Waals surface area contributed by atoms with Crippen LogP contribution in [0, 0.1) is 0 Å². The van der Waals surface area contributed by atoms with Gasteiger partial charge in [-0.3, -0.25) is 4.79 Å². The minimum Gasteiger partial charge on any atom is -0.482 e. The molecule has 0 aliphatic carbocycles. The molecule has 0 fully saturated rings. The second-order valence-electron chi connectivity index (χ2n) is 3.84. The lowest BCUT2D eigenvalue weighted by Gasteiger charge is -2.29. The molecule has 3 nitrogen and oxygen atoms in total. The monoisotopic (exact) mass is 237 g/mol. The van der Waals surface area contributed by atoms with Crippen LogP contribution in [0.4, 0.5) is 5.69 Å². The van der Waals surface area contributed by atoms with Gasteiger partial charge >= 0.3 is 0 Å². The normalized spacial score (nSPS) is 14.4. The Morgan fingerprint density at radius 2 is 2.38 bits per heavy atom. The van der Waals surface area contributed by atoms with Gasteiger partial charge in [0.15, 0.2) is 6.61 Å². The van der Waals surface area contributed by atoms with E-state index in [0.717, 1.165) is 5.57 Å². The van der Waals surface area contributed by atoms with Crippen molar-refractivity contribution in [2.75, 3.05) is 18.1 Å². The molecule has 1 aliphatic heterocycles. The molecule has 1 aromatic rings. The zero-order chi connectivity index (χ0) is 11.7. The molecule has 84 valence electrons. The quantitative estimate of drug-likeness (QED) is 0.740. The highest BCUT2D eigenvalue weighted by atomic mass is 35.5. The topological polar surface area (TPSA) is 29.5 Å². The first-order chi connectivity index (χ1) is 7.58. The van der Waals surface area contributed by atoms with Gasteiger partial charge in [-0.25, -0.2) is 0 Å². The summed E-state index contributed by atoms with van der Waals surface area (Å²) in [5, 5.41) is 0.587. The maximum Gasteiger partial charge on any atom is 0.265 e. The number of amides is 1. The lowest BCUT2D eigenvalue weighted by Crippen LogP contribution is -2.39. The van der Waals surface area contributed by atoms with Gasteiger partial charge in [0.1, 0.15) is 5.75 Å². The van der Waals surface area contributed by atoms with Crippen molar-refractivity contribution in [3.63, 3.8) is 0 Å². The van der Waals surface area contributed by atoms with Gasteiger partial charge in [0, 0.05) is 11.6 Å². The fourth-order valence-corrected chi connectivity index (χ4v) is 1.78. The number of hydrogen-bond donors (Lipinski definition) is 0. The molecule has 2 rings (SSSR count). The average Bonchev–Trinajstić information content (AvgIpc) is 2.22. The Kier molecular flexibility index (Phi) is 2.88. The Morgan fingerprint density at radius 1 is 1.62 bits per heavy atom. The second-order valence-corrected chi connectivity index (χ2v) is 4.27. The predicted molar refractivity (Wildman–Crippen MR) is 64.1 cm³/mol. The van der Waals surface area contributed by atoms with Gasteiger partial charge in [-0.15, -0.1) is 0 Å². The molecule has 0 saturated heterocycles. The van der Waals surface area contributed by atoms with Crippen LogP contribution < -0.4 is 9.64 Å². The van der Waals surface area contributed by atoms with E-state index in [2.05, 4.69) is 6.58 Å². The smallest absolute Gasteiger partial charge is 0.265 e. The SMILES string of the molecule is C=C(C)CN1C(=O)COc2ccc(Cl)cc21. The number of fused-ring (bicyclic) bond motifs is 1. The zero-order valence-corrected chi connectivity index (χ0v) is 9.75. The third-order valence-electron chi connectivity index (χ3n) is 2.29. The van der Waals surface area contributed by atoms with E-state index >= 15 is 0 Å². The number of anilines is 1. The van der Waals surface area contributed by atoms with Crippen LogP contribution >= 0.6 is 11.6 Å². The van der Waals surface area contributed by atoms with Gasteiger partial charge < -0.3 is 9.64 Å². The molecule has 0 spiro atoms. The van der Waals surface area contributed by atoms with Crippen molar-refractivity contribution in [2.24, 2.45) is 0 Å². The van der Waals surface area contributed by atoms with Crippen molar-refractivity contribution in [1.82, 2.24) is 0 Å². The second kappa shape index (κ2) is 4.18. The van der Waals surface area contributed by atoms with Crippen molar-refractivity contribution in [3.05, 3.63) is 35.4 Å². The molecule has 1 amide bonds. The summed E-state index contributed by atoms with van der Waals surface area (Å²) in [6, 6.07) is 5.25. The third kappa shape index (κ3) is 2.04. The van der Waals surface area contributed by atoms with Crippen LogP contribution in [-0.2, 0) is 4.79 Å². The Labute approximate surface area is 99.3 Å². The van der Waals surface area contributed by atoms with E-state index in [4.69, 9.17) is 16.3 Å². The summed E-state index contributed by atoms with van der Waals surface area (Å²) in [6.45, 7) is 6.26. The van der Waals surface area contributed by atoms with E-state index < -0.39 is 0 Å². The van der Waals surface area contributed by atoms with E-state index in [0.29, 0.717) is 23.0 Å². The van der Waals surface area contributed by atoms with Crippen molar-refractivity contribution in [1.29, 1.82) is 0 Å². The molecule has 16 heavy (non-hydrogen) atoms. The van der Waals surface area contributed by atoms with Crippen LogP contribution in [0.3, 0.4) is 0 Å². The van der Waals surface area contributed by atoms with Crippen molar-refractivity contribution in [2.45, 2.75) is 6.92 Å². The molecule has 1 heterocycles. The number of carbonyl (C=O) groups excluding carboxylic acids is 1. The van der Waals surface area contributed by atoms with Crippen LogP contribution in [0.15, 0.2) is 30.4 Å². The number of carbonyl (C=O) groups is 1. The van der Waals surface area contributed by atoms with E-state index in [1.165, 1.54) is 0 Å². The maximum absolute atomic E-state index is 11.7. The number of hydrogen-bond acceptors (Lipinski definition) is 2. The number of nitrogens with zero attached hydrogens (tertiary/aromatic N) is 1. The summed E-state index contributed by atoms with van der Waals surface area (Å²) in [7, 11) is 0. The van der Waals surface area contributed by atoms with Gasteiger partial charge in [-0.05, 0) is 25.1 Å². The first kappa shape index (κ1) is 11.0. The Morgan fingerprint density at radius 3 is 3.06 bits per heavy atom. The summed E-state index contributed by atoms with van der Waals surface area (Å²) in [6.07, 6.45) is 0. The molecular weight excluding hydrogens is 226 g/mol. The van der Waals surface area contributed by atoms with E-state index in [1.807, 2.05) is 6.92 Å². The molecule has 1 aliphatic rings. The number of halogens is 1. The molecule has 0 N–H and O–H groups in total. The van der Waals surface area contributed by atoms with Gasteiger partial charge in [0.2, 0.25) is 0 Å². The molecular formula is C12H12ClNO2. The van der Waals surface area contributed by atoms with Crippen LogP contribution in [0.1, 0.15) is 6.92 Å². The highest BCUT2D eigenvalue weighted by Crippen LogP contribution is 2.34. The molecule has 0 radical (unpaired) electrons. The van der Waals surface area contributed by atoms with Crippen molar-refractivity contribution < 1.29 is 9.53 Å². The molecule has 0 unspecified atom stereocenters. The molecule has 0 saturated carbocycles. The molecule has 1 aromatic carbocycles. The van der Waals surface area contributed by atoms with Gasteiger partial charge in [0.25, 0.3) is 5.91 Å². The minimum atomic E-state index is -0.0715. The predicted octanol–water partition coefficient (Wildman–Crippen LogP) is 2.64. The first-order valence-corrected chi connectivity index (χ1v) is 5.33. The summed E-state index contributed by atoms with van der Waals surface area (Å²) in [5.41, 5.74) is 1.63. The molecule has 0 bridgehead atoms. The number of benzene rings is 1. The average molecular weight is 238 g/mol. The van der Waals surface area contributed by atoms with Crippen molar-refractivity contribution in [3.8, 4) is 5.75 Å². The molecule has 0 atom stereocenters. The van der Waals surface area contributed by atoms with Crippen LogP contribution in [-0.4, -0.2) is 19.1 Å². The maximum atomic E-state index is 11.7. The van der Waals surface area contributed by atoms with E-state index in [9.17, 15) is 4.79 Å². The lowest BCUT2D eigenvalue weighted by atomic mass is 10.2. The Hall–Kier alpha value is -1.48. The molecule has 4 heteroatoms. The van der Waals surface area contributed by atoms with Crippen LogP contribution in [0.5, 0.6) is 5.75 Å². The minimum absolute atomic E-state index is 0.0713. The summed E-state index contributed by atoms with van der Waals surface area (Å²) in [4.78, 5) is 13.4. The van der Waals surface area contributed by atoms with Crippen molar-refractivity contribution >= 4 is 23.2 Å². The first-order valence-electron chi connectivity index (χ1n) is 4.95. The fourth-order valence-electron chi connectivity index (χ4n) is 1.62. The third-order valence-corrected chi connectivity index (χ3v) is 2.53. The van der Waals surface area contributed by atoms with Gasteiger partial charge in [0.05, 0.1) is 5.69 Å². The van der Waals surface area contributed by atoms with Crippen LogP contribution in [0.2, 0.25) is 5.02 Å². The fraction of sp³-hybridized carbons (Fsp3) is 0.250. The highest BCUT2D eigenvalue weighted by molar-refractivity contribution is 6.31. The largest absolute Gasteiger partial charge is 0.482 e. The standard InChI is InChI=1S/C12H12ClNO2/c1-8(2)6-14-10-5-9(13)3-4-11(10)16-7-12(14)15/h3-5H,1,6-7H2,2H3. The molecule has 0 aromatic heterocycles. The summed E-state index contributed by atoms with van der Waals surface area (Å²) >= 11 is 5.91. The van der Waals surface area contributed by atoms with Gasteiger partial charge in [-0.2, -0.15) is 0 Å². The van der Waals surface area contributed by atoms with E-state index in [1.54, 1.807) is 23.1 Å².